The number of anilines is 1. The van der Waals surface area contributed by atoms with Gasteiger partial charge in [0.2, 0.25) is 0 Å². The molecule has 1 aromatic carbocycles. The van der Waals surface area contributed by atoms with Crippen molar-refractivity contribution in [2.24, 2.45) is 5.92 Å². The van der Waals surface area contributed by atoms with Crippen molar-refractivity contribution >= 4 is 21.6 Å². The number of nitrogens with zero attached hydrogens (tertiary/aromatic N) is 2. The van der Waals surface area contributed by atoms with Crippen molar-refractivity contribution in [2.75, 3.05) is 24.5 Å². The number of aryl methyl sites for hydroxylation is 1. The van der Waals surface area contributed by atoms with Crippen molar-refractivity contribution in [3.63, 3.8) is 0 Å². The maximum Gasteiger partial charge on any atom is 0.0535 e. The van der Waals surface area contributed by atoms with E-state index in [1.165, 1.54) is 17.7 Å². The van der Waals surface area contributed by atoms with E-state index in [1.807, 2.05) is 6.20 Å². The first kappa shape index (κ1) is 14.6. The summed E-state index contributed by atoms with van der Waals surface area (Å²) in [5.41, 5.74) is 3.74. The standard InChI is InChI=1S/C16H21BrN4/c1-12-14(10-19-20-12)9-18-8-13-6-7-21(11-13)16-4-2-15(17)3-5-16/h2-5,10,13,18H,6-9,11H2,1H3,(H,19,20)/t13-/m0/s1. The molecule has 0 radical (unpaired) electrons. The van der Waals surface area contributed by atoms with Crippen molar-refractivity contribution < 1.29 is 0 Å². The zero-order chi connectivity index (χ0) is 14.7. The van der Waals surface area contributed by atoms with Gasteiger partial charge in [-0.2, -0.15) is 5.10 Å². The van der Waals surface area contributed by atoms with Gasteiger partial charge in [-0.15, -0.1) is 0 Å². The fourth-order valence-electron chi connectivity index (χ4n) is 2.85. The van der Waals surface area contributed by atoms with Crippen LogP contribution in [0.15, 0.2) is 34.9 Å². The van der Waals surface area contributed by atoms with Crippen LogP contribution < -0.4 is 10.2 Å². The Labute approximate surface area is 134 Å². The first-order chi connectivity index (χ1) is 10.2. The Hall–Kier alpha value is -1.33. The maximum absolute atomic E-state index is 4.05. The third-order valence-corrected chi connectivity index (χ3v) is 4.69. The van der Waals surface area contributed by atoms with Crippen LogP contribution in [0.25, 0.3) is 0 Å². The third-order valence-electron chi connectivity index (χ3n) is 4.16. The first-order valence-corrected chi connectivity index (χ1v) is 8.22. The minimum Gasteiger partial charge on any atom is -0.371 e. The normalized spacial score (nSPS) is 18.4. The van der Waals surface area contributed by atoms with E-state index in [4.69, 9.17) is 0 Å². The second-order valence-corrected chi connectivity index (χ2v) is 6.64. The lowest BCUT2D eigenvalue weighted by molar-refractivity contribution is 0.516. The largest absolute Gasteiger partial charge is 0.371 e. The summed E-state index contributed by atoms with van der Waals surface area (Å²) in [6, 6.07) is 8.61. The summed E-state index contributed by atoms with van der Waals surface area (Å²) in [5.74, 6) is 0.723. The van der Waals surface area contributed by atoms with E-state index in [-0.39, 0.29) is 0 Å². The molecular formula is C16H21BrN4. The summed E-state index contributed by atoms with van der Waals surface area (Å²) in [6.07, 6.45) is 3.17. The van der Waals surface area contributed by atoms with Crippen LogP contribution in [0.5, 0.6) is 0 Å². The summed E-state index contributed by atoms with van der Waals surface area (Å²) in [4.78, 5) is 2.47. The SMILES string of the molecule is Cc1[nH]ncc1CNC[C@@H]1CCN(c2ccc(Br)cc2)C1. The van der Waals surface area contributed by atoms with E-state index in [0.29, 0.717) is 0 Å². The molecule has 0 saturated carbocycles. The molecule has 3 rings (SSSR count). The topological polar surface area (TPSA) is 44.0 Å². The van der Waals surface area contributed by atoms with E-state index in [2.05, 4.69) is 67.5 Å². The number of hydrogen-bond acceptors (Lipinski definition) is 3. The molecule has 21 heavy (non-hydrogen) atoms. The molecule has 112 valence electrons. The molecule has 2 heterocycles. The van der Waals surface area contributed by atoms with Gasteiger partial charge in [-0.25, -0.2) is 0 Å². The number of rotatable bonds is 5. The average Bonchev–Trinajstić information content (AvgIpc) is 3.10. The minimum atomic E-state index is 0.723. The van der Waals surface area contributed by atoms with Crippen molar-refractivity contribution in [1.82, 2.24) is 15.5 Å². The Morgan fingerprint density at radius 2 is 2.19 bits per heavy atom. The third kappa shape index (κ3) is 3.66. The molecule has 1 saturated heterocycles. The summed E-state index contributed by atoms with van der Waals surface area (Å²) < 4.78 is 1.14. The molecule has 0 amide bonds. The zero-order valence-corrected chi connectivity index (χ0v) is 13.9. The van der Waals surface area contributed by atoms with Crippen molar-refractivity contribution in [2.45, 2.75) is 19.9 Å². The van der Waals surface area contributed by atoms with E-state index < -0.39 is 0 Å². The number of halogens is 1. The molecule has 1 aromatic heterocycles. The Balaban J connectivity index is 1.46. The number of aromatic nitrogens is 2. The second-order valence-electron chi connectivity index (χ2n) is 5.73. The van der Waals surface area contributed by atoms with Crippen LogP contribution in [-0.4, -0.2) is 29.8 Å². The quantitative estimate of drug-likeness (QED) is 0.872. The molecule has 4 nitrogen and oxygen atoms in total. The van der Waals surface area contributed by atoms with E-state index >= 15 is 0 Å². The molecule has 2 aromatic rings. The molecule has 5 heteroatoms. The Morgan fingerprint density at radius 1 is 1.38 bits per heavy atom. The van der Waals surface area contributed by atoms with Gasteiger partial charge in [0.05, 0.1) is 6.20 Å². The molecule has 0 spiro atoms. The molecule has 0 aliphatic carbocycles. The van der Waals surface area contributed by atoms with Gasteiger partial charge in [0.15, 0.2) is 0 Å². The van der Waals surface area contributed by atoms with Crippen LogP contribution in [-0.2, 0) is 6.54 Å². The van der Waals surface area contributed by atoms with Gasteiger partial charge < -0.3 is 10.2 Å². The van der Waals surface area contributed by atoms with Crippen LogP contribution in [0, 0.1) is 12.8 Å². The predicted octanol–water partition coefficient (Wildman–Crippen LogP) is 3.10. The predicted molar refractivity (Wildman–Crippen MR) is 89.5 cm³/mol. The fourth-order valence-corrected chi connectivity index (χ4v) is 3.11. The van der Waals surface area contributed by atoms with Crippen LogP contribution in [0.1, 0.15) is 17.7 Å². The lowest BCUT2D eigenvalue weighted by atomic mass is 10.1. The van der Waals surface area contributed by atoms with Gasteiger partial charge in [0.25, 0.3) is 0 Å². The molecule has 1 fully saturated rings. The zero-order valence-electron chi connectivity index (χ0n) is 12.3. The summed E-state index contributed by atoms with van der Waals surface area (Å²) in [5, 5.41) is 10.6. The van der Waals surface area contributed by atoms with Gasteiger partial charge in [0, 0.05) is 47.6 Å². The highest BCUT2D eigenvalue weighted by Gasteiger charge is 2.22. The van der Waals surface area contributed by atoms with Crippen molar-refractivity contribution in [3.8, 4) is 0 Å². The van der Waals surface area contributed by atoms with E-state index in [0.717, 1.165) is 42.3 Å². The Kier molecular flexibility index (Phi) is 4.60. The Morgan fingerprint density at radius 3 is 2.90 bits per heavy atom. The highest BCUT2D eigenvalue weighted by Crippen LogP contribution is 2.25. The Bertz CT molecular complexity index is 578. The minimum absolute atomic E-state index is 0.723. The average molecular weight is 349 g/mol. The highest BCUT2D eigenvalue weighted by atomic mass is 79.9. The van der Waals surface area contributed by atoms with Crippen LogP contribution in [0.3, 0.4) is 0 Å². The van der Waals surface area contributed by atoms with E-state index in [9.17, 15) is 0 Å². The number of nitrogens with one attached hydrogen (secondary N) is 2. The number of benzene rings is 1. The molecular weight excluding hydrogens is 328 g/mol. The second kappa shape index (κ2) is 6.62. The van der Waals surface area contributed by atoms with Gasteiger partial charge in [-0.05, 0) is 43.5 Å². The monoisotopic (exact) mass is 348 g/mol. The smallest absolute Gasteiger partial charge is 0.0535 e. The van der Waals surface area contributed by atoms with Gasteiger partial charge >= 0.3 is 0 Å². The molecule has 0 bridgehead atoms. The van der Waals surface area contributed by atoms with Crippen LogP contribution in [0.2, 0.25) is 0 Å². The number of H-pyrrole nitrogens is 1. The van der Waals surface area contributed by atoms with Crippen LogP contribution in [0.4, 0.5) is 5.69 Å². The number of aromatic amines is 1. The van der Waals surface area contributed by atoms with Gasteiger partial charge in [-0.1, -0.05) is 15.9 Å². The van der Waals surface area contributed by atoms with Crippen molar-refractivity contribution in [3.05, 3.63) is 46.2 Å². The maximum atomic E-state index is 4.05. The number of hydrogen-bond donors (Lipinski definition) is 2. The first-order valence-electron chi connectivity index (χ1n) is 7.42. The summed E-state index contributed by atoms with van der Waals surface area (Å²) in [7, 11) is 0. The molecule has 1 aliphatic rings. The highest BCUT2D eigenvalue weighted by molar-refractivity contribution is 9.10. The lowest BCUT2D eigenvalue weighted by Crippen LogP contribution is -2.26. The van der Waals surface area contributed by atoms with Gasteiger partial charge in [-0.3, -0.25) is 5.10 Å². The van der Waals surface area contributed by atoms with Crippen LogP contribution >= 0.6 is 15.9 Å². The van der Waals surface area contributed by atoms with Crippen molar-refractivity contribution in [1.29, 1.82) is 0 Å². The van der Waals surface area contributed by atoms with Gasteiger partial charge in [0.1, 0.15) is 0 Å². The lowest BCUT2D eigenvalue weighted by Gasteiger charge is -2.19. The molecule has 0 unspecified atom stereocenters. The van der Waals surface area contributed by atoms with E-state index in [1.54, 1.807) is 0 Å². The molecule has 1 aliphatic heterocycles. The summed E-state index contributed by atoms with van der Waals surface area (Å²) in [6.45, 7) is 6.32. The summed E-state index contributed by atoms with van der Waals surface area (Å²) >= 11 is 3.49. The fraction of sp³-hybridized carbons (Fsp3) is 0.438. The molecule has 2 N–H and O–H groups in total. The molecule has 1 atom stereocenters.